The lowest BCUT2D eigenvalue weighted by molar-refractivity contribution is 0.578. The molecule has 76 valence electrons. The van der Waals surface area contributed by atoms with Gasteiger partial charge >= 0.3 is 0 Å². The molecule has 2 rings (SSSR count). The maximum atomic E-state index is 13.3. The highest BCUT2D eigenvalue weighted by atomic mass is 19.1. The molecule has 0 N–H and O–H groups in total. The minimum absolute atomic E-state index is 0.475. The molecule has 2 aromatic carbocycles. The van der Waals surface area contributed by atoms with Gasteiger partial charge in [0.05, 0.1) is 0 Å². The third-order valence-corrected chi connectivity index (χ3v) is 2.39. The van der Waals surface area contributed by atoms with Crippen molar-refractivity contribution in [3.63, 3.8) is 0 Å². The molecule has 0 saturated heterocycles. The number of hydrogen-bond donors (Lipinski definition) is 0. The highest BCUT2D eigenvalue weighted by Gasteiger charge is 2.08. The zero-order chi connectivity index (χ0) is 10.8. The Kier molecular flexibility index (Phi) is 2.50. The number of halogens is 2. The van der Waals surface area contributed by atoms with Crippen molar-refractivity contribution < 1.29 is 8.78 Å². The summed E-state index contributed by atoms with van der Waals surface area (Å²) in [6.07, 6.45) is 0. The molecule has 2 heteroatoms. The lowest BCUT2D eigenvalue weighted by atomic mass is 10.0. The van der Waals surface area contributed by atoms with Gasteiger partial charge in [-0.15, -0.1) is 0 Å². The zero-order valence-electron chi connectivity index (χ0n) is 8.30. The number of hydrogen-bond acceptors (Lipinski definition) is 0. The predicted octanol–water partition coefficient (Wildman–Crippen LogP) is 3.94. The van der Waals surface area contributed by atoms with Gasteiger partial charge in [-0.1, -0.05) is 30.3 Å². The Morgan fingerprint density at radius 3 is 2.27 bits per heavy atom. The van der Waals surface area contributed by atoms with Gasteiger partial charge in [0, 0.05) is 6.07 Å². The van der Waals surface area contributed by atoms with Crippen molar-refractivity contribution in [2.75, 3.05) is 0 Å². The van der Waals surface area contributed by atoms with Gasteiger partial charge in [-0.05, 0) is 29.7 Å². The van der Waals surface area contributed by atoms with E-state index >= 15 is 0 Å². The first-order valence-electron chi connectivity index (χ1n) is 4.69. The average Bonchev–Trinajstić information content (AvgIpc) is 2.24. The van der Waals surface area contributed by atoms with Gasteiger partial charge in [0.25, 0.3) is 0 Å². The van der Waals surface area contributed by atoms with E-state index in [-0.39, 0.29) is 0 Å². The Labute approximate surface area is 87.2 Å². The molecule has 0 spiro atoms. The minimum Gasteiger partial charge on any atom is -0.207 e. The van der Waals surface area contributed by atoms with Crippen LogP contribution in [0.3, 0.4) is 0 Å². The molecule has 0 aliphatic rings. The molecule has 0 aromatic heterocycles. The van der Waals surface area contributed by atoms with Gasteiger partial charge in [-0.2, -0.15) is 0 Å². The monoisotopic (exact) mass is 204 g/mol. The second-order valence-electron chi connectivity index (χ2n) is 3.43. The van der Waals surface area contributed by atoms with Crippen molar-refractivity contribution in [2.24, 2.45) is 0 Å². The van der Waals surface area contributed by atoms with Crippen LogP contribution in [0.25, 0.3) is 11.1 Å². The second-order valence-corrected chi connectivity index (χ2v) is 3.43. The summed E-state index contributed by atoms with van der Waals surface area (Å²) < 4.78 is 26.3. The fourth-order valence-electron chi connectivity index (χ4n) is 1.56. The third kappa shape index (κ3) is 1.89. The molecule has 0 nitrogen and oxygen atoms in total. The van der Waals surface area contributed by atoms with E-state index < -0.39 is 11.6 Å². The van der Waals surface area contributed by atoms with Crippen molar-refractivity contribution in [1.29, 1.82) is 0 Å². The van der Waals surface area contributed by atoms with Crippen molar-refractivity contribution >= 4 is 0 Å². The van der Waals surface area contributed by atoms with E-state index in [0.717, 1.165) is 11.6 Å². The molecule has 15 heavy (non-hydrogen) atoms. The van der Waals surface area contributed by atoms with Gasteiger partial charge < -0.3 is 0 Å². The van der Waals surface area contributed by atoms with Crippen molar-refractivity contribution in [3.8, 4) is 11.1 Å². The van der Waals surface area contributed by atoms with Crippen LogP contribution in [0.2, 0.25) is 0 Å². The lowest BCUT2D eigenvalue weighted by Crippen LogP contribution is -1.90. The maximum absolute atomic E-state index is 13.3. The molecule has 2 aromatic rings. The molecule has 0 aliphatic carbocycles. The van der Waals surface area contributed by atoms with Crippen LogP contribution >= 0.6 is 0 Å². The molecule has 0 bridgehead atoms. The molecule has 0 aliphatic heterocycles. The summed E-state index contributed by atoms with van der Waals surface area (Å²) in [6.45, 7) is 1.65. The Morgan fingerprint density at radius 2 is 1.60 bits per heavy atom. The van der Waals surface area contributed by atoms with Gasteiger partial charge in [0.15, 0.2) is 0 Å². The van der Waals surface area contributed by atoms with Gasteiger partial charge in [-0.25, -0.2) is 8.78 Å². The molecule has 0 amide bonds. The molecule has 0 atom stereocenters. The van der Waals surface area contributed by atoms with Crippen LogP contribution < -0.4 is 0 Å². The van der Waals surface area contributed by atoms with E-state index in [2.05, 4.69) is 0 Å². The first-order valence-corrected chi connectivity index (χ1v) is 4.69. The molecular weight excluding hydrogens is 194 g/mol. The predicted molar refractivity (Wildman–Crippen MR) is 56.5 cm³/mol. The summed E-state index contributed by atoms with van der Waals surface area (Å²) >= 11 is 0. The summed E-state index contributed by atoms with van der Waals surface area (Å²) in [7, 11) is 0. The highest BCUT2D eigenvalue weighted by Crippen LogP contribution is 2.25. The highest BCUT2D eigenvalue weighted by molar-refractivity contribution is 5.67. The van der Waals surface area contributed by atoms with E-state index in [9.17, 15) is 8.78 Å². The van der Waals surface area contributed by atoms with E-state index in [0.29, 0.717) is 11.1 Å². The van der Waals surface area contributed by atoms with E-state index in [4.69, 9.17) is 0 Å². The van der Waals surface area contributed by atoms with Crippen LogP contribution in [0.5, 0.6) is 0 Å². The summed E-state index contributed by atoms with van der Waals surface area (Å²) in [4.78, 5) is 0. The molecule has 0 radical (unpaired) electrons. The van der Waals surface area contributed by atoms with Gasteiger partial charge in [0.2, 0.25) is 0 Å². The normalized spacial score (nSPS) is 10.3. The zero-order valence-corrected chi connectivity index (χ0v) is 8.30. The van der Waals surface area contributed by atoms with E-state index in [1.807, 2.05) is 30.3 Å². The van der Waals surface area contributed by atoms with E-state index in [1.165, 1.54) is 6.07 Å². The molecule has 0 fully saturated rings. The summed E-state index contributed by atoms with van der Waals surface area (Å²) in [5.41, 5.74) is 1.91. The first-order chi connectivity index (χ1) is 7.18. The number of benzene rings is 2. The third-order valence-electron chi connectivity index (χ3n) is 2.39. The average molecular weight is 204 g/mol. The lowest BCUT2D eigenvalue weighted by Gasteiger charge is -2.07. The van der Waals surface area contributed by atoms with E-state index in [1.54, 1.807) is 6.92 Å². The second kappa shape index (κ2) is 3.81. The minimum atomic E-state index is -0.544. The van der Waals surface area contributed by atoms with Crippen molar-refractivity contribution in [2.45, 2.75) is 6.92 Å². The Balaban J connectivity index is 2.63. The van der Waals surface area contributed by atoms with Crippen molar-refractivity contribution in [3.05, 3.63) is 59.7 Å². The molecule has 0 saturated carbocycles. The topological polar surface area (TPSA) is 0 Å². The Bertz CT molecular complexity index is 475. The van der Waals surface area contributed by atoms with Gasteiger partial charge in [0.1, 0.15) is 11.6 Å². The molecule has 0 unspecified atom stereocenters. The summed E-state index contributed by atoms with van der Waals surface area (Å²) in [6, 6.07) is 11.5. The quantitative estimate of drug-likeness (QED) is 0.660. The molecular formula is C13H10F2. The largest absolute Gasteiger partial charge is 0.207 e. The van der Waals surface area contributed by atoms with Crippen LogP contribution in [0.4, 0.5) is 8.78 Å². The van der Waals surface area contributed by atoms with Gasteiger partial charge in [-0.3, -0.25) is 0 Å². The van der Waals surface area contributed by atoms with Crippen molar-refractivity contribution in [1.82, 2.24) is 0 Å². The fraction of sp³-hybridized carbons (Fsp3) is 0.0769. The Morgan fingerprint density at radius 1 is 0.933 bits per heavy atom. The van der Waals surface area contributed by atoms with Crippen LogP contribution in [0.15, 0.2) is 42.5 Å². The number of rotatable bonds is 1. The smallest absolute Gasteiger partial charge is 0.129 e. The van der Waals surface area contributed by atoms with Crippen LogP contribution in [0, 0.1) is 18.6 Å². The first kappa shape index (κ1) is 9.84. The van der Waals surface area contributed by atoms with Crippen LogP contribution in [-0.4, -0.2) is 0 Å². The SMILES string of the molecule is Cc1c(F)cc(F)cc1-c1ccccc1. The Hall–Kier alpha value is -1.70. The van der Waals surface area contributed by atoms with Crippen LogP contribution in [-0.2, 0) is 0 Å². The summed E-state index contributed by atoms with van der Waals surface area (Å²) in [5.74, 6) is -1.05. The fourth-order valence-corrected chi connectivity index (χ4v) is 1.56. The standard InChI is InChI=1S/C13H10F2/c1-9-12(7-11(14)8-13(9)15)10-5-3-2-4-6-10/h2-8H,1H3. The van der Waals surface area contributed by atoms with Crippen LogP contribution in [0.1, 0.15) is 5.56 Å². The maximum Gasteiger partial charge on any atom is 0.129 e. The summed E-state index contributed by atoms with van der Waals surface area (Å²) in [5, 5.41) is 0. The molecule has 0 heterocycles.